The van der Waals surface area contributed by atoms with Gasteiger partial charge < -0.3 is 15.4 Å². The minimum atomic E-state index is -4.44. The van der Waals surface area contributed by atoms with E-state index in [1.165, 1.54) is 19.2 Å². The standard InChI is InChI=1S/C16H24F3N3O.HI/c1-10(2)11(3)22-15(20-4)21-9-12-6-7-13(23-5)8-14(12)16(17,18)19;/h6-8,10-11H,9H2,1-5H3,(H2,20,21,22);1H. The molecule has 0 aromatic heterocycles. The quantitative estimate of drug-likeness (QED) is 0.397. The molecule has 1 aromatic rings. The summed E-state index contributed by atoms with van der Waals surface area (Å²) in [5.74, 6) is 1.02. The molecule has 0 saturated carbocycles. The second-order valence-electron chi connectivity index (χ2n) is 5.62. The molecule has 0 aliphatic rings. The average molecular weight is 459 g/mol. The van der Waals surface area contributed by atoms with Crippen LogP contribution in [0.5, 0.6) is 5.75 Å². The van der Waals surface area contributed by atoms with E-state index in [9.17, 15) is 13.2 Å². The third kappa shape index (κ3) is 6.74. The van der Waals surface area contributed by atoms with Crippen LogP contribution in [0, 0.1) is 5.92 Å². The number of halogens is 4. The summed E-state index contributed by atoms with van der Waals surface area (Å²) in [5, 5.41) is 6.07. The van der Waals surface area contributed by atoms with E-state index in [1.807, 2.05) is 6.92 Å². The number of nitrogens with zero attached hydrogens (tertiary/aromatic N) is 1. The molecule has 2 N–H and O–H groups in total. The summed E-state index contributed by atoms with van der Waals surface area (Å²) in [6.45, 7) is 6.11. The molecule has 4 nitrogen and oxygen atoms in total. The Balaban J connectivity index is 0.00000529. The van der Waals surface area contributed by atoms with Crippen molar-refractivity contribution in [1.82, 2.24) is 10.6 Å². The van der Waals surface area contributed by atoms with Crippen LogP contribution in [0.15, 0.2) is 23.2 Å². The number of hydrogen-bond acceptors (Lipinski definition) is 2. The van der Waals surface area contributed by atoms with Crippen molar-refractivity contribution in [3.8, 4) is 5.75 Å². The van der Waals surface area contributed by atoms with Crippen LogP contribution in [0.1, 0.15) is 31.9 Å². The fourth-order valence-corrected chi connectivity index (χ4v) is 1.86. The Kier molecular flexibility index (Phi) is 9.46. The Hall–Kier alpha value is -1.19. The Morgan fingerprint density at radius 3 is 2.33 bits per heavy atom. The van der Waals surface area contributed by atoms with E-state index in [-0.39, 0.29) is 47.9 Å². The van der Waals surface area contributed by atoms with Crippen LogP contribution in [0.4, 0.5) is 13.2 Å². The molecule has 1 aromatic carbocycles. The van der Waals surface area contributed by atoms with E-state index < -0.39 is 11.7 Å². The maximum atomic E-state index is 13.2. The van der Waals surface area contributed by atoms with E-state index in [2.05, 4.69) is 29.5 Å². The molecule has 8 heteroatoms. The molecule has 0 amide bonds. The highest BCUT2D eigenvalue weighted by atomic mass is 127. The number of alkyl halides is 3. The van der Waals surface area contributed by atoms with Gasteiger partial charge in [-0.1, -0.05) is 19.9 Å². The molecule has 0 aliphatic carbocycles. The van der Waals surface area contributed by atoms with Gasteiger partial charge in [0, 0.05) is 19.6 Å². The van der Waals surface area contributed by atoms with Crippen molar-refractivity contribution in [2.45, 2.75) is 39.5 Å². The second kappa shape index (κ2) is 9.95. The maximum absolute atomic E-state index is 13.2. The first-order valence-corrected chi connectivity index (χ1v) is 7.40. The summed E-state index contributed by atoms with van der Waals surface area (Å²) in [7, 11) is 2.92. The largest absolute Gasteiger partial charge is 0.497 e. The van der Waals surface area contributed by atoms with E-state index in [0.717, 1.165) is 6.07 Å². The van der Waals surface area contributed by atoms with Gasteiger partial charge in [0.1, 0.15) is 5.75 Å². The van der Waals surface area contributed by atoms with E-state index >= 15 is 0 Å². The zero-order valence-corrected chi connectivity index (χ0v) is 16.8. The molecule has 24 heavy (non-hydrogen) atoms. The molecule has 1 atom stereocenters. The number of nitrogens with one attached hydrogen (secondary N) is 2. The summed E-state index contributed by atoms with van der Waals surface area (Å²) < 4.78 is 44.3. The summed E-state index contributed by atoms with van der Waals surface area (Å²) in [6.07, 6.45) is -4.44. The second-order valence-corrected chi connectivity index (χ2v) is 5.62. The Labute approximate surface area is 158 Å². The number of methoxy groups -OCH3 is 1. The van der Waals surface area contributed by atoms with Crippen molar-refractivity contribution < 1.29 is 17.9 Å². The number of guanidine groups is 1. The lowest BCUT2D eigenvalue weighted by Gasteiger charge is -2.21. The van der Waals surface area contributed by atoms with Crippen molar-refractivity contribution in [3.63, 3.8) is 0 Å². The highest BCUT2D eigenvalue weighted by molar-refractivity contribution is 14.0. The van der Waals surface area contributed by atoms with E-state index in [0.29, 0.717) is 11.9 Å². The minimum Gasteiger partial charge on any atom is -0.497 e. The third-order valence-electron chi connectivity index (χ3n) is 3.66. The molecule has 1 unspecified atom stereocenters. The van der Waals surface area contributed by atoms with Gasteiger partial charge in [0.25, 0.3) is 0 Å². The molecular formula is C16H25F3IN3O. The molecule has 0 saturated heterocycles. The normalized spacial score (nSPS) is 13.3. The average Bonchev–Trinajstić information content (AvgIpc) is 2.49. The minimum absolute atomic E-state index is 0. The number of hydrogen-bond donors (Lipinski definition) is 2. The van der Waals surface area contributed by atoms with Crippen LogP contribution < -0.4 is 15.4 Å². The molecule has 0 bridgehead atoms. The van der Waals surface area contributed by atoms with E-state index in [1.54, 1.807) is 7.05 Å². The monoisotopic (exact) mass is 459 g/mol. The fraction of sp³-hybridized carbons (Fsp3) is 0.562. The lowest BCUT2D eigenvalue weighted by Crippen LogP contribution is -2.44. The number of ether oxygens (including phenoxy) is 1. The van der Waals surface area contributed by atoms with Crippen LogP contribution in [0.3, 0.4) is 0 Å². The van der Waals surface area contributed by atoms with Crippen molar-refractivity contribution in [3.05, 3.63) is 29.3 Å². The third-order valence-corrected chi connectivity index (χ3v) is 3.66. The SMILES string of the molecule is CN=C(NCc1ccc(OC)cc1C(F)(F)F)NC(C)C(C)C.I. The Morgan fingerprint density at radius 2 is 1.88 bits per heavy atom. The van der Waals surface area contributed by atoms with Crippen molar-refractivity contribution in [2.24, 2.45) is 10.9 Å². The fourth-order valence-electron chi connectivity index (χ4n) is 1.86. The van der Waals surface area contributed by atoms with Crippen LogP contribution >= 0.6 is 24.0 Å². The first kappa shape index (κ1) is 22.8. The topological polar surface area (TPSA) is 45.7 Å². The Morgan fingerprint density at radius 1 is 1.25 bits per heavy atom. The van der Waals surface area contributed by atoms with Gasteiger partial charge in [0.15, 0.2) is 5.96 Å². The van der Waals surface area contributed by atoms with Gasteiger partial charge in [-0.2, -0.15) is 13.2 Å². The van der Waals surface area contributed by atoms with Gasteiger partial charge in [-0.25, -0.2) is 0 Å². The first-order valence-electron chi connectivity index (χ1n) is 7.40. The van der Waals surface area contributed by atoms with Gasteiger partial charge in [0.05, 0.1) is 12.7 Å². The molecule has 138 valence electrons. The highest BCUT2D eigenvalue weighted by Crippen LogP contribution is 2.34. The van der Waals surface area contributed by atoms with Crippen molar-refractivity contribution >= 4 is 29.9 Å². The summed E-state index contributed by atoms with van der Waals surface area (Å²) in [5.41, 5.74) is -0.574. The summed E-state index contributed by atoms with van der Waals surface area (Å²) >= 11 is 0. The van der Waals surface area contributed by atoms with Crippen molar-refractivity contribution in [1.29, 1.82) is 0 Å². The summed E-state index contributed by atoms with van der Waals surface area (Å²) in [6, 6.07) is 4.08. The molecule has 0 heterocycles. The molecule has 0 aliphatic heterocycles. The molecule has 0 fully saturated rings. The predicted octanol–water partition coefficient (Wildman–Crippen LogP) is 4.04. The van der Waals surface area contributed by atoms with Crippen LogP contribution in [0.25, 0.3) is 0 Å². The summed E-state index contributed by atoms with van der Waals surface area (Å²) in [4.78, 5) is 4.04. The predicted molar refractivity (Wildman–Crippen MR) is 101 cm³/mol. The van der Waals surface area contributed by atoms with Crippen LogP contribution in [-0.4, -0.2) is 26.2 Å². The Bertz CT molecular complexity index is 548. The number of aliphatic imine (C=N–C) groups is 1. The zero-order chi connectivity index (χ0) is 17.6. The van der Waals surface area contributed by atoms with Gasteiger partial charge >= 0.3 is 6.18 Å². The van der Waals surface area contributed by atoms with E-state index in [4.69, 9.17) is 4.74 Å². The zero-order valence-electron chi connectivity index (χ0n) is 14.5. The first-order chi connectivity index (χ1) is 10.7. The van der Waals surface area contributed by atoms with Gasteiger partial charge in [-0.3, -0.25) is 4.99 Å². The van der Waals surface area contributed by atoms with Gasteiger partial charge in [0.2, 0.25) is 0 Å². The molecular weight excluding hydrogens is 434 g/mol. The van der Waals surface area contributed by atoms with Gasteiger partial charge in [-0.05, 0) is 30.5 Å². The smallest absolute Gasteiger partial charge is 0.416 e. The molecule has 1 rings (SSSR count). The van der Waals surface area contributed by atoms with Crippen LogP contribution in [-0.2, 0) is 12.7 Å². The lowest BCUT2D eigenvalue weighted by molar-refractivity contribution is -0.138. The van der Waals surface area contributed by atoms with Gasteiger partial charge in [-0.15, -0.1) is 24.0 Å². The molecule has 0 spiro atoms. The van der Waals surface area contributed by atoms with Crippen molar-refractivity contribution in [2.75, 3.05) is 14.2 Å². The van der Waals surface area contributed by atoms with Crippen LogP contribution in [0.2, 0.25) is 0 Å². The molecule has 0 radical (unpaired) electrons. The highest BCUT2D eigenvalue weighted by Gasteiger charge is 2.33. The number of benzene rings is 1. The lowest BCUT2D eigenvalue weighted by atomic mass is 10.1. The maximum Gasteiger partial charge on any atom is 0.416 e. The number of rotatable bonds is 5.